The average Bonchev–Trinajstić information content (AvgIpc) is 2.95. The summed E-state index contributed by atoms with van der Waals surface area (Å²) in [4.78, 5) is 27.5. The Morgan fingerprint density at radius 1 is 1.05 bits per heavy atom. The molecule has 1 aromatic carbocycles. The highest BCUT2D eigenvalue weighted by molar-refractivity contribution is 6.27. The van der Waals surface area contributed by atoms with Crippen molar-refractivity contribution in [2.45, 2.75) is 40.2 Å². The Kier molecular flexibility index (Phi) is 8.38. The second-order valence-electron chi connectivity index (χ2n) is 11.1. The van der Waals surface area contributed by atoms with Gasteiger partial charge in [-0.3, -0.25) is 19.7 Å². The number of nitrogens with zero attached hydrogens (tertiary/aromatic N) is 4. The lowest BCUT2D eigenvalue weighted by atomic mass is 9.91. The minimum absolute atomic E-state index is 0.106. The van der Waals surface area contributed by atoms with Crippen molar-refractivity contribution in [2.75, 3.05) is 50.4 Å². The van der Waals surface area contributed by atoms with Crippen molar-refractivity contribution in [1.82, 2.24) is 19.8 Å². The molecule has 1 amide bonds. The number of hydrogen-bond donors (Lipinski definition) is 2. The summed E-state index contributed by atoms with van der Waals surface area (Å²) < 4.78 is 0. The van der Waals surface area contributed by atoms with Gasteiger partial charge in [0.2, 0.25) is 0 Å². The van der Waals surface area contributed by atoms with Crippen molar-refractivity contribution in [3.63, 3.8) is 0 Å². The van der Waals surface area contributed by atoms with Crippen LogP contribution in [-0.2, 0) is 17.8 Å². The van der Waals surface area contributed by atoms with Crippen molar-refractivity contribution < 1.29 is 4.79 Å². The van der Waals surface area contributed by atoms with Gasteiger partial charge in [0.25, 0.3) is 5.91 Å². The van der Waals surface area contributed by atoms with E-state index < -0.39 is 0 Å². The van der Waals surface area contributed by atoms with Crippen LogP contribution in [0.1, 0.15) is 44.0 Å². The van der Waals surface area contributed by atoms with E-state index in [-0.39, 0.29) is 5.91 Å². The topological polar surface area (TPSA) is 73.4 Å². The van der Waals surface area contributed by atoms with Gasteiger partial charge >= 0.3 is 0 Å². The van der Waals surface area contributed by atoms with E-state index in [9.17, 15) is 4.79 Å². The first-order valence-electron chi connectivity index (χ1n) is 14.1. The highest BCUT2D eigenvalue weighted by Gasteiger charge is 2.23. The number of carbonyl (C=O) groups excluding carboxylic acids is 1. The minimum Gasteiger partial charge on any atom is -0.381 e. The van der Waals surface area contributed by atoms with Crippen molar-refractivity contribution in [1.29, 1.82) is 0 Å². The van der Waals surface area contributed by atoms with Crippen LogP contribution in [0.25, 0.3) is 16.7 Å². The van der Waals surface area contributed by atoms with Crippen molar-refractivity contribution in [3.05, 3.63) is 77.4 Å². The number of nitrogens with one attached hydrogen (secondary N) is 2. The van der Waals surface area contributed by atoms with E-state index in [1.165, 1.54) is 5.56 Å². The zero-order valence-electron chi connectivity index (χ0n) is 23.6. The molecule has 1 fully saturated rings. The van der Waals surface area contributed by atoms with Crippen LogP contribution >= 0.6 is 0 Å². The molecule has 2 aliphatic heterocycles. The normalized spacial score (nSPS) is 16.9. The quantitative estimate of drug-likeness (QED) is 0.416. The molecule has 0 unspecified atom stereocenters. The predicted molar refractivity (Wildman–Crippen MR) is 160 cm³/mol. The molecule has 2 aliphatic rings. The minimum atomic E-state index is -0.106. The van der Waals surface area contributed by atoms with Crippen molar-refractivity contribution in [2.24, 2.45) is 5.92 Å². The van der Waals surface area contributed by atoms with E-state index >= 15 is 0 Å². The molecule has 2 N–H and O–H groups in total. The van der Waals surface area contributed by atoms with Crippen LogP contribution in [0, 0.1) is 5.92 Å². The second kappa shape index (κ2) is 12.1. The smallest absolute Gasteiger partial charge is 0.256 e. The number of benzene rings is 1. The molecule has 3 aromatic rings. The highest BCUT2D eigenvalue weighted by Crippen LogP contribution is 2.35. The fraction of sp³-hybridized carbons (Fsp3) is 0.406. The van der Waals surface area contributed by atoms with Crippen LogP contribution < -0.4 is 10.6 Å². The van der Waals surface area contributed by atoms with Crippen molar-refractivity contribution in [3.8, 4) is 11.1 Å². The molecule has 0 bridgehead atoms. The molecule has 7 nitrogen and oxygen atoms in total. The Morgan fingerprint density at radius 2 is 1.87 bits per heavy atom. The van der Waals surface area contributed by atoms with Crippen molar-refractivity contribution >= 4 is 22.9 Å². The largest absolute Gasteiger partial charge is 0.381 e. The second-order valence-corrected chi connectivity index (χ2v) is 11.1. The summed E-state index contributed by atoms with van der Waals surface area (Å²) in [6, 6.07) is 12.5. The van der Waals surface area contributed by atoms with Gasteiger partial charge < -0.3 is 15.5 Å². The molecule has 204 valence electrons. The first-order chi connectivity index (χ1) is 18.9. The summed E-state index contributed by atoms with van der Waals surface area (Å²) in [5.41, 5.74) is 8.71. The van der Waals surface area contributed by atoms with E-state index in [1.807, 2.05) is 31.5 Å². The third kappa shape index (κ3) is 6.54. The molecule has 4 heterocycles. The van der Waals surface area contributed by atoms with E-state index in [0.29, 0.717) is 18.2 Å². The first-order valence-corrected chi connectivity index (χ1v) is 14.1. The summed E-state index contributed by atoms with van der Waals surface area (Å²) in [5.74, 6) is 0.486. The Labute approximate surface area is 232 Å². The van der Waals surface area contributed by atoms with Gasteiger partial charge in [0, 0.05) is 79.7 Å². The number of likely N-dealkylation sites (N-methyl/N-ethyl adjacent to an activating group) is 1. The van der Waals surface area contributed by atoms with Crippen LogP contribution in [-0.4, -0.2) is 65.4 Å². The fourth-order valence-electron chi connectivity index (χ4n) is 5.26. The molecule has 0 spiro atoms. The van der Waals surface area contributed by atoms with E-state index in [4.69, 9.17) is 0 Å². The van der Waals surface area contributed by atoms with Gasteiger partial charge in [-0.05, 0) is 73.3 Å². The number of rotatable bonds is 8. The Hall–Kier alpha value is -3.55. The molecule has 39 heavy (non-hydrogen) atoms. The molecule has 1 atom stereocenters. The number of aromatic nitrogens is 2. The molecule has 0 aliphatic carbocycles. The summed E-state index contributed by atoms with van der Waals surface area (Å²) in [5, 5.41) is 6.55. The number of carbonyl (C=O) groups is 1. The maximum absolute atomic E-state index is 13.6. The van der Waals surface area contributed by atoms with E-state index in [2.05, 4.69) is 75.6 Å². The lowest BCUT2D eigenvalue weighted by molar-refractivity contribution is -0.111. The first kappa shape index (κ1) is 27.0. The maximum Gasteiger partial charge on any atom is 0.256 e. The number of pyridine rings is 2. The van der Waals surface area contributed by atoms with Gasteiger partial charge in [-0.25, -0.2) is 0 Å². The third-order valence-electron chi connectivity index (χ3n) is 7.95. The number of piperazine rings is 1. The standard InChI is InChI=1S/C32H40N6O/c1-5-22(2)14-27-7-8-28(20-34-27)36-32(39)31-23(3)17-35-30-9-6-25(16-29(30)31)26-15-24(18-33-19-26)21-38-12-10-37(4)11-13-38/h6-9,15-16,18-20,22,35H,5,10-14,17,21H2,1-4H3,(H,36,39)/t22-/m0/s1. The Balaban J connectivity index is 1.35. The average molecular weight is 525 g/mol. The molecule has 7 heteroatoms. The molecule has 1 saturated heterocycles. The highest BCUT2D eigenvalue weighted by atomic mass is 16.1. The van der Waals surface area contributed by atoms with E-state index in [0.717, 1.165) is 84.8 Å². The zero-order chi connectivity index (χ0) is 27.4. The summed E-state index contributed by atoms with van der Waals surface area (Å²) in [7, 11) is 2.18. The molecule has 2 aromatic heterocycles. The summed E-state index contributed by atoms with van der Waals surface area (Å²) >= 11 is 0. The van der Waals surface area contributed by atoms with Gasteiger partial charge in [-0.2, -0.15) is 0 Å². The lowest BCUT2D eigenvalue weighted by Crippen LogP contribution is -2.43. The summed E-state index contributed by atoms with van der Waals surface area (Å²) in [6.07, 6.45) is 7.71. The third-order valence-corrected chi connectivity index (χ3v) is 7.95. The molecule has 5 rings (SSSR count). The van der Waals surface area contributed by atoms with Gasteiger partial charge in [0.15, 0.2) is 0 Å². The molecular weight excluding hydrogens is 484 g/mol. The van der Waals surface area contributed by atoms with Gasteiger partial charge in [0.1, 0.15) is 0 Å². The Bertz CT molecular complexity index is 1340. The van der Waals surface area contributed by atoms with Gasteiger partial charge in [-0.1, -0.05) is 26.3 Å². The number of anilines is 2. The monoisotopic (exact) mass is 524 g/mol. The van der Waals surface area contributed by atoms with E-state index in [1.54, 1.807) is 6.20 Å². The molecule has 0 saturated carbocycles. The zero-order valence-corrected chi connectivity index (χ0v) is 23.6. The number of amides is 1. The SMILES string of the molecule is CC[C@H](C)Cc1ccc(NC(=O)C2=C(C)CNc3ccc(-c4cncc(CN5CCN(C)CC5)c4)cc32)cn1. The van der Waals surface area contributed by atoms with Crippen LogP contribution in [0.5, 0.6) is 0 Å². The van der Waals surface area contributed by atoms with Crippen LogP contribution in [0.3, 0.4) is 0 Å². The number of hydrogen-bond acceptors (Lipinski definition) is 6. The van der Waals surface area contributed by atoms with Crippen LogP contribution in [0.2, 0.25) is 0 Å². The van der Waals surface area contributed by atoms with Gasteiger partial charge in [-0.15, -0.1) is 0 Å². The van der Waals surface area contributed by atoms with Crippen LogP contribution in [0.4, 0.5) is 11.4 Å². The maximum atomic E-state index is 13.6. The molecule has 0 radical (unpaired) electrons. The van der Waals surface area contributed by atoms with Gasteiger partial charge in [0.05, 0.1) is 11.9 Å². The lowest BCUT2D eigenvalue weighted by Gasteiger charge is -2.32. The Morgan fingerprint density at radius 3 is 2.62 bits per heavy atom. The predicted octanol–water partition coefficient (Wildman–Crippen LogP) is 5.32. The fourth-order valence-corrected chi connectivity index (χ4v) is 5.26. The summed E-state index contributed by atoms with van der Waals surface area (Å²) in [6.45, 7) is 12.3. The number of fused-ring (bicyclic) bond motifs is 1. The van der Waals surface area contributed by atoms with Crippen LogP contribution in [0.15, 0.2) is 60.6 Å². The molecular formula is C32H40N6O.